The van der Waals surface area contributed by atoms with Crippen LogP contribution in [0.2, 0.25) is 0 Å². The number of pyridine rings is 2. The normalized spacial score (nSPS) is 14.9. The number of carbonyl (C=O) groups is 1. The summed E-state index contributed by atoms with van der Waals surface area (Å²) < 4.78 is 59.2. The van der Waals surface area contributed by atoms with E-state index in [4.69, 9.17) is 4.74 Å². The minimum Gasteiger partial charge on any atom is -0.378 e. The average Bonchev–Trinajstić information content (AvgIpc) is 2.66. The van der Waals surface area contributed by atoms with Crippen molar-refractivity contribution >= 4 is 11.7 Å². The maximum absolute atomic E-state index is 13.6. The van der Waals surface area contributed by atoms with Crippen LogP contribution in [-0.2, 0) is 10.9 Å². The number of amides is 2. The molecule has 1 aliphatic heterocycles. The van der Waals surface area contributed by atoms with Crippen LogP contribution in [-0.4, -0.2) is 54.2 Å². The topological polar surface area (TPSA) is 58.6 Å². The number of anilines is 1. The second kappa shape index (κ2) is 7.47. The Morgan fingerprint density at radius 3 is 2.56 bits per heavy atom. The first-order chi connectivity index (χ1) is 12.8. The summed E-state index contributed by atoms with van der Waals surface area (Å²) in [6.07, 6.45) is -2.64. The molecule has 0 aromatic carbocycles. The number of nitrogens with zero attached hydrogens (tertiary/aromatic N) is 4. The van der Waals surface area contributed by atoms with Crippen LogP contribution in [0.3, 0.4) is 0 Å². The Morgan fingerprint density at radius 1 is 1.22 bits per heavy atom. The Kier molecular flexibility index (Phi) is 5.26. The van der Waals surface area contributed by atoms with Crippen molar-refractivity contribution in [1.29, 1.82) is 0 Å². The molecule has 6 nitrogen and oxygen atoms in total. The van der Waals surface area contributed by atoms with Gasteiger partial charge in [-0.1, -0.05) is 0 Å². The van der Waals surface area contributed by atoms with Crippen molar-refractivity contribution in [3.8, 4) is 11.3 Å². The molecule has 0 N–H and O–H groups in total. The highest BCUT2D eigenvalue weighted by atomic mass is 19.4. The number of ether oxygens (including phenoxy) is 1. The molecule has 10 heteroatoms. The number of aromatic nitrogens is 2. The Balaban J connectivity index is 1.98. The van der Waals surface area contributed by atoms with Gasteiger partial charge in [0.05, 0.1) is 30.8 Å². The zero-order chi connectivity index (χ0) is 19.6. The van der Waals surface area contributed by atoms with Crippen molar-refractivity contribution < 1.29 is 27.1 Å². The van der Waals surface area contributed by atoms with Crippen molar-refractivity contribution in [3.63, 3.8) is 0 Å². The Morgan fingerprint density at radius 2 is 1.93 bits per heavy atom. The van der Waals surface area contributed by atoms with Crippen molar-refractivity contribution in [3.05, 3.63) is 42.1 Å². The SMILES string of the molecule is CN(C(=O)N1CCOCC1)c1ccc(-c2cncc(F)c2)nc1C(F)(F)F. The zero-order valence-electron chi connectivity index (χ0n) is 14.3. The van der Waals surface area contributed by atoms with E-state index in [1.807, 2.05) is 0 Å². The van der Waals surface area contributed by atoms with E-state index < -0.39 is 23.7 Å². The van der Waals surface area contributed by atoms with Gasteiger partial charge in [-0.3, -0.25) is 9.88 Å². The summed E-state index contributed by atoms with van der Waals surface area (Å²) in [6.45, 7) is 1.25. The Labute approximate surface area is 152 Å². The van der Waals surface area contributed by atoms with E-state index in [1.165, 1.54) is 24.2 Å². The highest BCUT2D eigenvalue weighted by molar-refractivity contribution is 5.92. The van der Waals surface area contributed by atoms with E-state index in [0.717, 1.165) is 23.2 Å². The maximum Gasteiger partial charge on any atom is 0.435 e. The molecule has 0 radical (unpaired) electrons. The molecule has 0 bridgehead atoms. The molecule has 27 heavy (non-hydrogen) atoms. The molecule has 0 saturated carbocycles. The van der Waals surface area contributed by atoms with Gasteiger partial charge < -0.3 is 9.64 Å². The third kappa shape index (κ3) is 4.16. The van der Waals surface area contributed by atoms with Gasteiger partial charge in [0.25, 0.3) is 0 Å². The Hall–Kier alpha value is -2.75. The number of hydrogen-bond donors (Lipinski definition) is 0. The van der Waals surface area contributed by atoms with Crippen molar-refractivity contribution in [2.45, 2.75) is 6.18 Å². The molecule has 1 aliphatic rings. The van der Waals surface area contributed by atoms with Crippen LogP contribution >= 0.6 is 0 Å². The average molecular weight is 384 g/mol. The fraction of sp³-hybridized carbons (Fsp3) is 0.353. The van der Waals surface area contributed by atoms with Crippen LogP contribution in [0.4, 0.5) is 28.0 Å². The minimum atomic E-state index is -4.80. The number of morpholine rings is 1. The predicted octanol–water partition coefficient (Wildman–Crippen LogP) is 3.19. The maximum atomic E-state index is 13.6. The van der Waals surface area contributed by atoms with Crippen LogP contribution in [0.15, 0.2) is 30.6 Å². The number of rotatable bonds is 2. The smallest absolute Gasteiger partial charge is 0.378 e. The standard InChI is InChI=1S/C17H16F4N4O2/c1-24(16(26)25-4-6-27-7-5-25)14-3-2-13(23-15(14)17(19,20)21)11-8-12(18)10-22-9-11/h2-3,8-10H,4-7H2,1H3. The van der Waals surface area contributed by atoms with Gasteiger partial charge in [0.2, 0.25) is 0 Å². The van der Waals surface area contributed by atoms with E-state index in [-0.39, 0.29) is 16.9 Å². The first kappa shape index (κ1) is 19.0. The second-order valence-electron chi connectivity index (χ2n) is 5.89. The molecule has 0 unspecified atom stereocenters. The number of carbonyl (C=O) groups excluding carboxylic acids is 1. The van der Waals surface area contributed by atoms with E-state index in [0.29, 0.717) is 26.3 Å². The van der Waals surface area contributed by atoms with Crippen LogP contribution in [0.1, 0.15) is 5.69 Å². The molecular weight excluding hydrogens is 368 g/mol. The van der Waals surface area contributed by atoms with Gasteiger partial charge in [-0.15, -0.1) is 0 Å². The van der Waals surface area contributed by atoms with Gasteiger partial charge >= 0.3 is 12.2 Å². The van der Waals surface area contributed by atoms with E-state index in [9.17, 15) is 22.4 Å². The molecule has 3 heterocycles. The summed E-state index contributed by atoms with van der Waals surface area (Å²) >= 11 is 0. The lowest BCUT2D eigenvalue weighted by Gasteiger charge is -2.31. The highest BCUT2D eigenvalue weighted by Crippen LogP contribution is 2.36. The first-order valence-corrected chi connectivity index (χ1v) is 8.07. The fourth-order valence-corrected chi connectivity index (χ4v) is 2.71. The van der Waals surface area contributed by atoms with Crippen molar-refractivity contribution in [2.24, 2.45) is 0 Å². The van der Waals surface area contributed by atoms with E-state index in [2.05, 4.69) is 9.97 Å². The van der Waals surface area contributed by atoms with Gasteiger partial charge in [-0.25, -0.2) is 14.2 Å². The first-order valence-electron chi connectivity index (χ1n) is 8.07. The number of hydrogen-bond acceptors (Lipinski definition) is 4. The molecule has 2 aromatic rings. The fourth-order valence-electron chi connectivity index (χ4n) is 2.71. The monoisotopic (exact) mass is 384 g/mol. The summed E-state index contributed by atoms with van der Waals surface area (Å²) in [5, 5.41) is 0. The van der Waals surface area contributed by atoms with Crippen molar-refractivity contribution in [2.75, 3.05) is 38.3 Å². The van der Waals surface area contributed by atoms with E-state index >= 15 is 0 Å². The Bertz CT molecular complexity index is 838. The summed E-state index contributed by atoms with van der Waals surface area (Å²) in [5.74, 6) is -0.688. The number of alkyl halides is 3. The third-order valence-corrected chi connectivity index (χ3v) is 4.07. The second-order valence-corrected chi connectivity index (χ2v) is 5.89. The number of urea groups is 1. The highest BCUT2D eigenvalue weighted by Gasteiger charge is 2.38. The summed E-state index contributed by atoms with van der Waals surface area (Å²) in [5.41, 5.74) is -1.60. The van der Waals surface area contributed by atoms with Crippen LogP contribution in [0, 0.1) is 5.82 Å². The molecule has 2 aromatic heterocycles. The zero-order valence-corrected chi connectivity index (χ0v) is 14.3. The summed E-state index contributed by atoms with van der Waals surface area (Å²) in [6, 6.07) is 2.90. The quantitative estimate of drug-likeness (QED) is 0.747. The largest absolute Gasteiger partial charge is 0.435 e. The van der Waals surface area contributed by atoms with Gasteiger partial charge in [-0.2, -0.15) is 13.2 Å². The summed E-state index contributed by atoms with van der Waals surface area (Å²) in [7, 11) is 1.26. The molecule has 1 fully saturated rings. The van der Waals surface area contributed by atoms with Crippen LogP contribution in [0.5, 0.6) is 0 Å². The molecule has 3 rings (SSSR count). The van der Waals surface area contributed by atoms with Gasteiger partial charge in [0.1, 0.15) is 5.82 Å². The molecular formula is C17H16F4N4O2. The number of halogens is 4. The van der Waals surface area contributed by atoms with Crippen LogP contribution in [0.25, 0.3) is 11.3 Å². The minimum absolute atomic E-state index is 0.0923. The molecule has 0 atom stereocenters. The van der Waals surface area contributed by atoms with Gasteiger partial charge in [-0.05, 0) is 18.2 Å². The van der Waals surface area contributed by atoms with Gasteiger partial charge in [0, 0.05) is 31.9 Å². The molecule has 144 valence electrons. The molecule has 2 amide bonds. The van der Waals surface area contributed by atoms with Crippen LogP contribution < -0.4 is 4.90 Å². The lowest BCUT2D eigenvalue weighted by molar-refractivity contribution is -0.140. The summed E-state index contributed by atoms with van der Waals surface area (Å²) in [4.78, 5) is 22.1. The molecule has 0 aliphatic carbocycles. The van der Waals surface area contributed by atoms with E-state index in [1.54, 1.807) is 0 Å². The predicted molar refractivity (Wildman–Crippen MR) is 88.6 cm³/mol. The van der Waals surface area contributed by atoms with Crippen molar-refractivity contribution in [1.82, 2.24) is 14.9 Å². The molecule has 1 saturated heterocycles. The lowest BCUT2D eigenvalue weighted by Crippen LogP contribution is -2.47. The third-order valence-electron chi connectivity index (χ3n) is 4.07. The lowest BCUT2D eigenvalue weighted by atomic mass is 10.1. The van der Waals surface area contributed by atoms with Gasteiger partial charge in [0.15, 0.2) is 5.69 Å². The molecule has 0 spiro atoms.